The van der Waals surface area contributed by atoms with Gasteiger partial charge in [0, 0.05) is 51.4 Å². The van der Waals surface area contributed by atoms with Crippen molar-refractivity contribution < 1.29 is 17.9 Å². The SMILES string of the molecule is CN(C)c1cc(N2CCCC(COc3ccnc(C(F)(F)F)c3)C2)ncn1. The summed E-state index contributed by atoms with van der Waals surface area (Å²) in [7, 11) is 3.84. The Hall–Kier alpha value is -2.58. The first-order valence-corrected chi connectivity index (χ1v) is 8.73. The van der Waals surface area contributed by atoms with Crippen LogP contribution in [0.4, 0.5) is 24.8 Å². The highest BCUT2D eigenvalue weighted by atomic mass is 19.4. The first-order valence-electron chi connectivity index (χ1n) is 8.73. The number of piperidine rings is 1. The molecular weight excluding hydrogens is 359 g/mol. The minimum Gasteiger partial charge on any atom is -0.493 e. The van der Waals surface area contributed by atoms with Crippen LogP contribution in [0.15, 0.2) is 30.7 Å². The molecule has 0 aromatic carbocycles. The van der Waals surface area contributed by atoms with Crippen LogP contribution in [0.3, 0.4) is 0 Å². The van der Waals surface area contributed by atoms with E-state index >= 15 is 0 Å². The van der Waals surface area contributed by atoms with Crippen molar-refractivity contribution in [2.24, 2.45) is 5.92 Å². The Bertz CT molecular complexity index is 769. The molecule has 1 saturated heterocycles. The van der Waals surface area contributed by atoms with Crippen molar-refractivity contribution in [1.29, 1.82) is 0 Å². The van der Waals surface area contributed by atoms with Gasteiger partial charge in [0.15, 0.2) is 0 Å². The fourth-order valence-corrected chi connectivity index (χ4v) is 3.03. The van der Waals surface area contributed by atoms with Crippen LogP contribution in [0, 0.1) is 5.92 Å². The van der Waals surface area contributed by atoms with E-state index in [0.29, 0.717) is 6.61 Å². The molecule has 0 N–H and O–H groups in total. The smallest absolute Gasteiger partial charge is 0.433 e. The van der Waals surface area contributed by atoms with Crippen molar-refractivity contribution >= 4 is 11.6 Å². The molecule has 1 unspecified atom stereocenters. The van der Waals surface area contributed by atoms with Crippen LogP contribution in [-0.4, -0.2) is 48.7 Å². The minimum atomic E-state index is -4.47. The van der Waals surface area contributed by atoms with Crippen molar-refractivity contribution in [3.8, 4) is 5.75 Å². The predicted molar refractivity (Wildman–Crippen MR) is 96.0 cm³/mol. The first kappa shape index (κ1) is 19.2. The maximum atomic E-state index is 12.8. The summed E-state index contributed by atoms with van der Waals surface area (Å²) in [6.07, 6.45) is 0.117. The third-order valence-corrected chi connectivity index (χ3v) is 4.45. The molecule has 0 radical (unpaired) electrons. The van der Waals surface area contributed by atoms with Crippen LogP contribution in [0.2, 0.25) is 0 Å². The van der Waals surface area contributed by atoms with E-state index < -0.39 is 11.9 Å². The lowest BCUT2D eigenvalue weighted by molar-refractivity contribution is -0.141. The van der Waals surface area contributed by atoms with E-state index in [9.17, 15) is 13.2 Å². The topological polar surface area (TPSA) is 54.4 Å². The van der Waals surface area contributed by atoms with E-state index in [2.05, 4.69) is 19.9 Å². The second kappa shape index (κ2) is 7.98. The number of alkyl halides is 3. The number of hydrogen-bond acceptors (Lipinski definition) is 6. The molecule has 146 valence electrons. The van der Waals surface area contributed by atoms with Crippen LogP contribution >= 0.6 is 0 Å². The van der Waals surface area contributed by atoms with E-state index in [1.165, 1.54) is 6.07 Å². The van der Waals surface area contributed by atoms with Gasteiger partial charge in [0.1, 0.15) is 29.4 Å². The molecule has 2 aromatic heterocycles. The molecule has 0 bridgehead atoms. The third-order valence-electron chi connectivity index (χ3n) is 4.45. The molecule has 27 heavy (non-hydrogen) atoms. The molecule has 9 heteroatoms. The summed E-state index contributed by atoms with van der Waals surface area (Å²) >= 11 is 0. The number of halogens is 3. The van der Waals surface area contributed by atoms with E-state index in [4.69, 9.17) is 4.74 Å². The zero-order valence-corrected chi connectivity index (χ0v) is 15.3. The third kappa shape index (κ3) is 4.99. The molecule has 1 aliphatic heterocycles. The summed E-state index contributed by atoms with van der Waals surface area (Å²) in [4.78, 5) is 16.0. The maximum absolute atomic E-state index is 12.8. The van der Waals surface area contributed by atoms with Gasteiger partial charge < -0.3 is 14.5 Å². The average Bonchev–Trinajstić information content (AvgIpc) is 2.66. The highest BCUT2D eigenvalue weighted by Crippen LogP contribution is 2.30. The number of nitrogens with zero attached hydrogens (tertiary/aromatic N) is 5. The molecule has 1 aliphatic rings. The number of ether oxygens (including phenoxy) is 1. The monoisotopic (exact) mass is 381 g/mol. The van der Waals surface area contributed by atoms with E-state index in [1.54, 1.807) is 6.33 Å². The highest BCUT2D eigenvalue weighted by molar-refractivity contribution is 5.49. The zero-order chi connectivity index (χ0) is 19.4. The largest absolute Gasteiger partial charge is 0.493 e. The Kier molecular flexibility index (Phi) is 5.67. The Balaban J connectivity index is 1.61. The van der Waals surface area contributed by atoms with Gasteiger partial charge in [-0.15, -0.1) is 0 Å². The summed E-state index contributed by atoms with van der Waals surface area (Å²) in [5.74, 6) is 2.07. The van der Waals surface area contributed by atoms with Gasteiger partial charge in [0.25, 0.3) is 0 Å². The molecular formula is C18H22F3N5O. The quantitative estimate of drug-likeness (QED) is 0.793. The predicted octanol–water partition coefficient (Wildman–Crippen LogP) is 3.25. The minimum absolute atomic E-state index is 0.186. The molecule has 6 nitrogen and oxygen atoms in total. The van der Waals surface area contributed by atoms with Crippen molar-refractivity contribution in [1.82, 2.24) is 15.0 Å². The number of hydrogen-bond donors (Lipinski definition) is 0. The van der Waals surface area contributed by atoms with Crippen LogP contribution in [-0.2, 0) is 6.18 Å². The fraction of sp³-hybridized carbons (Fsp3) is 0.500. The van der Waals surface area contributed by atoms with Crippen LogP contribution < -0.4 is 14.5 Å². The summed E-state index contributed by atoms with van der Waals surface area (Å²) in [5.41, 5.74) is -0.942. The summed E-state index contributed by atoms with van der Waals surface area (Å²) in [5, 5.41) is 0. The molecule has 0 amide bonds. The van der Waals surface area contributed by atoms with Gasteiger partial charge in [-0.25, -0.2) is 9.97 Å². The van der Waals surface area contributed by atoms with Crippen LogP contribution in [0.25, 0.3) is 0 Å². The molecule has 1 atom stereocenters. The Morgan fingerprint density at radius 3 is 2.78 bits per heavy atom. The molecule has 3 heterocycles. The lowest BCUT2D eigenvalue weighted by Crippen LogP contribution is -2.38. The van der Waals surface area contributed by atoms with Crippen LogP contribution in [0.1, 0.15) is 18.5 Å². The van der Waals surface area contributed by atoms with Gasteiger partial charge in [0.05, 0.1) is 6.61 Å². The van der Waals surface area contributed by atoms with Crippen LogP contribution in [0.5, 0.6) is 5.75 Å². The lowest BCUT2D eigenvalue weighted by atomic mass is 9.99. The van der Waals surface area contributed by atoms with Gasteiger partial charge in [0.2, 0.25) is 0 Å². The number of anilines is 2. The molecule has 3 rings (SSSR count). The normalized spacial score (nSPS) is 17.7. The van der Waals surface area contributed by atoms with Crippen molar-refractivity contribution in [2.45, 2.75) is 19.0 Å². The van der Waals surface area contributed by atoms with Crippen molar-refractivity contribution in [2.75, 3.05) is 43.6 Å². The van der Waals surface area contributed by atoms with Gasteiger partial charge >= 0.3 is 6.18 Å². The standard InChI is InChI=1S/C18H22F3N5O/c1-25(2)16-9-17(24-12-23-16)26-7-3-4-13(10-26)11-27-14-5-6-22-15(8-14)18(19,20)21/h5-6,8-9,12-13H,3-4,7,10-11H2,1-2H3. The summed E-state index contributed by atoms with van der Waals surface area (Å²) in [6.45, 7) is 1.97. The van der Waals surface area contributed by atoms with Gasteiger partial charge in [-0.3, -0.25) is 4.98 Å². The second-order valence-electron chi connectivity index (χ2n) is 6.77. The van der Waals surface area contributed by atoms with Gasteiger partial charge in [-0.1, -0.05) is 0 Å². The number of rotatable bonds is 5. The Morgan fingerprint density at radius 1 is 1.22 bits per heavy atom. The van der Waals surface area contributed by atoms with E-state index in [1.807, 2.05) is 25.1 Å². The number of pyridine rings is 1. The zero-order valence-electron chi connectivity index (χ0n) is 15.3. The average molecular weight is 381 g/mol. The molecule has 0 aliphatic carbocycles. The van der Waals surface area contributed by atoms with Crippen molar-refractivity contribution in [3.63, 3.8) is 0 Å². The Labute approximate surface area is 156 Å². The Morgan fingerprint density at radius 2 is 2.04 bits per heavy atom. The molecule has 2 aromatic rings. The summed E-state index contributed by atoms with van der Waals surface area (Å²) < 4.78 is 43.9. The van der Waals surface area contributed by atoms with Gasteiger partial charge in [-0.05, 0) is 18.9 Å². The lowest BCUT2D eigenvalue weighted by Gasteiger charge is -2.33. The highest BCUT2D eigenvalue weighted by Gasteiger charge is 2.32. The fourth-order valence-electron chi connectivity index (χ4n) is 3.03. The van der Waals surface area contributed by atoms with E-state index in [0.717, 1.165) is 49.8 Å². The molecule has 1 fully saturated rings. The molecule has 0 saturated carbocycles. The summed E-state index contributed by atoms with van der Waals surface area (Å²) in [6, 6.07) is 4.32. The first-order chi connectivity index (χ1) is 12.8. The van der Waals surface area contributed by atoms with Crippen molar-refractivity contribution in [3.05, 3.63) is 36.4 Å². The maximum Gasteiger partial charge on any atom is 0.433 e. The molecule has 0 spiro atoms. The number of aromatic nitrogens is 3. The van der Waals surface area contributed by atoms with E-state index in [-0.39, 0.29) is 11.7 Å². The second-order valence-corrected chi connectivity index (χ2v) is 6.77. The van der Waals surface area contributed by atoms with Gasteiger partial charge in [-0.2, -0.15) is 13.2 Å².